The molecule has 2 aromatic carbocycles. The topological polar surface area (TPSA) is 52.8 Å². The number of halogens is 1. The molecule has 6 heteroatoms. The number of hydrogen-bond donors (Lipinski definition) is 0. The first-order valence-corrected chi connectivity index (χ1v) is 9.03. The Morgan fingerprint density at radius 1 is 0.963 bits per heavy atom. The van der Waals surface area contributed by atoms with Crippen molar-refractivity contribution in [2.75, 3.05) is 0 Å². The molecule has 0 amide bonds. The number of rotatable bonds is 3. The zero-order valence-corrected chi connectivity index (χ0v) is 16.4. The van der Waals surface area contributed by atoms with E-state index >= 15 is 0 Å². The predicted octanol–water partition coefficient (Wildman–Crippen LogP) is 5.49. The van der Waals surface area contributed by atoms with Crippen LogP contribution in [0.1, 0.15) is 22.3 Å². The average molecular weight is 379 g/mol. The van der Waals surface area contributed by atoms with Gasteiger partial charge in [0.15, 0.2) is 5.65 Å². The summed E-state index contributed by atoms with van der Waals surface area (Å²) in [6.07, 6.45) is 3.21. The number of ether oxygens (including phenoxy) is 1. The van der Waals surface area contributed by atoms with Gasteiger partial charge in [0.25, 0.3) is 0 Å². The number of benzene rings is 2. The van der Waals surface area contributed by atoms with Crippen LogP contribution in [-0.4, -0.2) is 19.7 Å². The third-order valence-corrected chi connectivity index (χ3v) is 5.11. The van der Waals surface area contributed by atoms with Gasteiger partial charge < -0.3 is 4.74 Å². The summed E-state index contributed by atoms with van der Waals surface area (Å²) in [7, 11) is 0. The van der Waals surface area contributed by atoms with Gasteiger partial charge in [-0.3, -0.25) is 0 Å². The lowest BCUT2D eigenvalue weighted by Crippen LogP contribution is -1.99. The minimum Gasteiger partial charge on any atom is -0.438 e. The van der Waals surface area contributed by atoms with E-state index in [1.54, 1.807) is 10.9 Å². The molecule has 2 aromatic heterocycles. The molecule has 0 saturated heterocycles. The molecule has 0 fully saturated rings. The Morgan fingerprint density at radius 2 is 1.78 bits per heavy atom. The third-order valence-electron chi connectivity index (χ3n) is 4.70. The molecule has 0 N–H and O–H groups in total. The highest BCUT2D eigenvalue weighted by atomic mass is 35.5. The molecule has 0 aliphatic rings. The lowest BCUT2D eigenvalue weighted by molar-refractivity contribution is 0.464. The Morgan fingerprint density at radius 3 is 2.56 bits per heavy atom. The Hall–Kier alpha value is -2.92. The van der Waals surface area contributed by atoms with Gasteiger partial charge in [-0.2, -0.15) is 5.10 Å². The van der Waals surface area contributed by atoms with Gasteiger partial charge in [-0.1, -0.05) is 23.7 Å². The number of nitrogens with zero attached hydrogens (tertiary/aromatic N) is 4. The second kappa shape index (κ2) is 6.67. The van der Waals surface area contributed by atoms with Crippen molar-refractivity contribution in [3.05, 3.63) is 70.1 Å². The molecule has 4 aromatic rings. The molecule has 0 atom stereocenters. The van der Waals surface area contributed by atoms with E-state index in [9.17, 15) is 0 Å². The van der Waals surface area contributed by atoms with E-state index in [1.165, 1.54) is 11.9 Å². The fourth-order valence-corrected chi connectivity index (χ4v) is 3.19. The molecule has 0 radical (unpaired) electrons. The zero-order valence-electron chi connectivity index (χ0n) is 15.6. The highest BCUT2D eigenvalue weighted by molar-refractivity contribution is 6.31. The van der Waals surface area contributed by atoms with Crippen LogP contribution in [0.15, 0.2) is 42.9 Å². The lowest BCUT2D eigenvalue weighted by Gasteiger charge is -2.12. The monoisotopic (exact) mass is 378 g/mol. The molecule has 0 aliphatic heterocycles. The van der Waals surface area contributed by atoms with Crippen molar-refractivity contribution >= 4 is 22.6 Å². The van der Waals surface area contributed by atoms with E-state index in [1.807, 2.05) is 45.0 Å². The minimum atomic E-state index is 0.484. The SMILES string of the molecule is Cc1cc(C)c(C)c(Oc2ncnc3c2cnn3-c2ccc(C)c(Cl)c2)c1. The number of aryl methyl sites for hydroxylation is 3. The smallest absolute Gasteiger partial charge is 0.233 e. The molecule has 0 spiro atoms. The van der Waals surface area contributed by atoms with Crippen molar-refractivity contribution in [2.45, 2.75) is 27.7 Å². The molecule has 27 heavy (non-hydrogen) atoms. The van der Waals surface area contributed by atoms with Crippen molar-refractivity contribution in [3.63, 3.8) is 0 Å². The summed E-state index contributed by atoms with van der Waals surface area (Å²) >= 11 is 6.27. The first-order chi connectivity index (χ1) is 12.9. The van der Waals surface area contributed by atoms with E-state index in [4.69, 9.17) is 16.3 Å². The van der Waals surface area contributed by atoms with Crippen LogP contribution < -0.4 is 4.74 Å². The number of aromatic nitrogens is 4. The first-order valence-electron chi connectivity index (χ1n) is 8.65. The van der Waals surface area contributed by atoms with Crippen LogP contribution in [0.5, 0.6) is 11.6 Å². The fraction of sp³-hybridized carbons (Fsp3) is 0.190. The molecule has 2 heterocycles. The summed E-state index contributed by atoms with van der Waals surface area (Å²) in [5.41, 5.74) is 5.93. The van der Waals surface area contributed by atoms with Crippen LogP contribution in [0.2, 0.25) is 5.02 Å². The molecular formula is C21H19ClN4O. The largest absolute Gasteiger partial charge is 0.438 e. The van der Waals surface area contributed by atoms with Crippen LogP contribution in [0.25, 0.3) is 16.7 Å². The predicted molar refractivity (Wildman–Crippen MR) is 107 cm³/mol. The van der Waals surface area contributed by atoms with Gasteiger partial charge in [0, 0.05) is 5.02 Å². The summed E-state index contributed by atoms with van der Waals surface area (Å²) in [6, 6.07) is 9.95. The minimum absolute atomic E-state index is 0.484. The second-order valence-electron chi connectivity index (χ2n) is 6.71. The Bertz CT molecular complexity index is 1170. The lowest BCUT2D eigenvalue weighted by atomic mass is 10.1. The van der Waals surface area contributed by atoms with E-state index < -0.39 is 0 Å². The maximum atomic E-state index is 6.27. The third kappa shape index (κ3) is 3.15. The van der Waals surface area contributed by atoms with Crippen molar-refractivity contribution < 1.29 is 4.74 Å². The molecule has 5 nitrogen and oxygen atoms in total. The van der Waals surface area contributed by atoms with Crippen molar-refractivity contribution in [1.82, 2.24) is 19.7 Å². The first kappa shape index (κ1) is 17.5. The Kier molecular flexibility index (Phi) is 4.32. The van der Waals surface area contributed by atoms with Crippen LogP contribution in [0.4, 0.5) is 0 Å². The summed E-state index contributed by atoms with van der Waals surface area (Å²) in [4.78, 5) is 8.72. The maximum Gasteiger partial charge on any atom is 0.233 e. The Labute approximate surface area is 162 Å². The average Bonchev–Trinajstić information content (AvgIpc) is 3.07. The van der Waals surface area contributed by atoms with Crippen LogP contribution in [0.3, 0.4) is 0 Å². The maximum absolute atomic E-state index is 6.27. The van der Waals surface area contributed by atoms with E-state index in [0.29, 0.717) is 16.5 Å². The molecule has 0 aliphatic carbocycles. The van der Waals surface area contributed by atoms with Gasteiger partial charge in [0.1, 0.15) is 17.5 Å². The standard InChI is InChI=1S/C21H19ClN4O/c1-12-7-14(3)15(4)19(8-12)27-21-17-10-25-26(20(17)23-11-24-21)16-6-5-13(2)18(22)9-16/h5-11H,1-4H3. The zero-order chi connectivity index (χ0) is 19.1. The molecule has 4 rings (SSSR count). The number of hydrogen-bond acceptors (Lipinski definition) is 4. The summed E-state index contributed by atoms with van der Waals surface area (Å²) in [5, 5.41) is 5.90. The van der Waals surface area contributed by atoms with Crippen molar-refractivity contribution in [1.29, 1.82) is 0 Å². The molecule has 136 valence electrons. The van der Waals surface area contributed by atoms with Gasteiger partial charge in [0.05, 0.1) is 11.9 Å². The molecule has 0 unspecified atom stereocenters. The quantitative estimate of drug-likeness (QED) is 0.472. The Balaban J connectivity index is 1.80. The molecular weight excluding hydrogens is 360 g/mol. The second-order valence-corrected chi connectivity index (χ2v) is 7.12. The summed E-state index contributed by atoms with van der Waals surface area (Å²) < 4.78 is 7.89. The summed E-state index contributed by atoms with van der Waals surface area (Å²) in [5.74, 6) is 1.27. The molecule has 0 bridgehead atoms. The van der Waals surface area contributed by atoms with Crippen molar-refractivity contribution in [3.8, 4) is 17.3 Å². The van der Waals surface area contributed by atoms with Gasteiger partial charge >= 0.3 is 0 Å². The van der Waals surface area contributed by atoms with Crippen molar-refractivity contribution in [2.24, 2.45) is 0 Å². The summed E-state index contributed by atoms with van der Waals surface area (Å²) in [6.45, 7) is 8.13. The highest BCUT2D eigenvalue weighted by Crippen LogP contribution is 2.32. The van der Waals surface area contributed by atoms with E-state index in [-0.39, 0.29) is 0 Å². The molecule has 0 saturated carbocycles. The van der Waals surface area contributed by atoms with Gasteiger partial charge in [0.2, 0.25) is 5.88 Å². The van der Waals surface area contributed by atoms with Gasteiger partial charge in [-0.25, -0.2) is 14.6 Å². The normalized spacial score (nSPS) is 11.1. The van der Waals surface area contributed by atoms with Crippen LogP contribution in [0, 0.1) is 27.7 Å². The van der Waals surface area contributed by atoms with Crippen LogP contribution in [-0.2, 0) is 0 Å². The van der Waals surface area contributed by atoms with Gasteiger partial charge in [-0.15, -0.1) is 0 Å². The fourth-order valence-electron chi connectivity index (χ4n) is 3.02. The van der Waals surface area contributed by atoms with Gasteiger partial charge in [-0.05, 0) is 68.1 Å². The van der Waals surface area contributed by atoms with Crippen LogP contribution >= 0.6 is 11.6 Å². The van der Waals surface area contributed by atoms with E-state index in [2.05, 4.69) is 28.1 Å². The highest BCUT2D eigenvalue weighted by Gasteiger charge is 2.15. The number of fused-ring (bicyclic) bond motifs is 1. The van der Waals surface area contributed by atoms with E-state index in [0.717, 1.165) is 33.5 Å².